The molecule has 2 N–H and O–H groups in total. The van der Waals surface area contributed by atoms with Crippen LogP contribution in [0.4, 0.5) is 0 Å². The number of nitrogens with zero attached hydrogens (tertiary/aromatic N) is 2. The predicted octanol–water partition coefficient (Wildman–Crippen LogP) is 2.94. The summed E-state index contributed by atoms with van der Waals surface area (Å²) in [6.07, 6.45) is 0. The number of fused-ring (bicyclic) bond motifs is 1. The van der Waals surface area contributed by atoms with Crippen LogP contribution in [0, 0.1) is 6.92 Å². The molecular weight excluding hydrogens is 302 g/mol. The number of aryl methyl sites for hydroxylation is 1. The maximum absolute atomic E-state index is 12.9. The maximum atomic E-state index is 12.9. The first-order valence-electron chi connectivity index (χ1n) is 7.84. The van der Waals surface area contributed by atoms with Gasteiger partial charge in [0.25, 0.3) is 5.56 Å². The molecule has 1 unspecified atom stereocenters. The molecule has 0 aliphatic rings. The molecule has 0 saturated carbocycles. The summed E-state index contributed by atoms with van der Waals surface area (Å²) >= 11 is 0. The van der Waals surface area contributed by atoms with E-state index < -0.39 is 0 Å². The Kier molecular flexibility index (Phi) is 4.11. The largest absolute Gasteiger partial charge is 0.496 e. The number of rotatable bonds is 3. The lowest BCUT2D eigenvalue weighted by molar-refractivity contribution is 0.416. The molecular formula is C19H21N3O2. The van der Waals surface area contributed by atoms with Crippen molar-refractivity contribution in [3.8, 4) is 17.1 Å². The summed E-state index contributed by atoms with van der Waals surface area (Å²) in [5.41, 5.74) is 9.32. The molecule has 1 aromatic heterocycles. The fraction of sp³-hybridized carbons (Fsp3) is 0.263. The molecule has 3 rings (SSSR count). The van der Waals surface area contributed by atoms with Crippen molar-refractivity contribution in [2.75, 3.05) is 7.11 Å². The summed E-state index contributed by atoms with van der Waals surface area (Å²) in [5, 5.41) is 0.587. The molecule has 0 saturated heterocycles. The molecule has 0 bridgehead atoms. The predicted molar refractivity (Wildman–Crippen MR) is 96.3 cm³/mol. The van der Waals surface area contributed by atoms with Gasteiger partial charge in [-0.3, -0.25) is 9.36 Å². The minimum atomic E-state index is -0.211. The Morgan fingerprint density at radius 3 is 2.62 bits per heavy atom. The SMILES string of the molecule is COc1ccccc1-c1nc2c(C(C)N)cc(C)cc2c(=O)n1C. The first-order valence-corrected chi connectivity index (χ1v) is 7.84. The first kappa shape index (κ1) is 16.2. The molecule has 0 aliphatic carbocycles. The third kappa shape index (κ3) is 2.57. The zero-order valence-electron chi connectivity index (χ0n) is 14.3. The minimum Gasteiger partial charge on any atom is -0.496 e. The molecule has 5 nitrogen and oxygen atoms in total. The van der Waals surface area contributed by atoms with Gasteiger partial charge in [-0.1, -0.05) is 18.2 Å². The number of benzene rings is 2. The van der Waals surface area contributed by atoms with Gasteiger partial charge in [0.2, 0.25) is 0 Å². The molecule has 3 aromatic rings. The minimum absolute atomic E-state index is 0.0912. The molecule has 0 fully saturated rings. The summed E-state index contributed by atoms with van der Waals surface area (Å²) in [7, 11) is 3.33. The molecule has 1 heterocycles. The van der Waals surface area contributed by atoms with Crippen LogP contribution in [0.15, 0.2) is 41.2 Å². The third-order valence-electron chi connectivity index (χ3n) is 4.19. The van der Waals surface area contributed by atoms with Crippen LogP contribution in [0.5, 0.6) is 5.75 Å². The van der Waals surface area contributed by atoms with Gasteiger partial charge >= 0.3 is 0 Å². The summed E-state index contributed by atoms with van der Waals surface area (Å²) < 4.78 is 6.98. The smallest absolute Gasteiger partial charge is 0.261 e. The number of para-hydroxylation sites is 1. The Labute approximate surface area is 140 Å². The average Bonchev–Trinajstić information content (AvgIpc) is 2.57. The molecule has 2 aromatic carbocycles. The van der Waals surface area contributed by atoms with Gasteiger partial charge in [0.05, 0.1) is 23.6 Å². The molecule has 0 radical (unpaired) electrons. The van der Waals surface area contributed by atoms with E-state index in [1.807, 2.05) is 50.2 Å². The van der Waals surface area contributed by atoms with E-state index in [4.69, 9.17) is 15.5 Å². The van der Waals surface area contributed by atoms with Crippen LogP contribution in [0.2, 0.25) is 0 Å². The molecule has 24 heavy (non-hydrogen) atoms. The van der Waals surface area contributed by atoms with Crippen molar-refractivity contribution in [3.05, 3.63) is 57.9 Å². The number of methoxy groups -OCH3 is 1. The second-order valence-electron chi connectivity index (χ2n) is 6.04. The number of ether oxygens (including phenoxy) is 1. The second kappa shape index (κ2) is 6.09. The lowest BCUT2D eigenvalue weighted by Crippen LogP contribution is -2.22. The molecule has 124 valence electrons. The second-order valence-corrected chi connectivity index (χ2v) is 6.04. The number of nitrogens with two attached hydrogens (primary N) is 1. The van der Waals surface area contributed by atoms with Gasteiger partial charge in [-0.2, -0.15) is 0 Å². The zero-order valence-corrected chi connectivity index (χ0v) is 14.3. The Balaban J connectivity index is 2.43. The molecule has 1 atom stereocenters. The van der Waals surface area contributed by atoms with Gasteiger partial charge in [0.1, 0.15) is 11.6 Å². The van der Waals surface area contributed by atoms with E-state index in [0.29, 0.717) is 22.5 Å². The highest BCUT2D eigenvalue weighted by Gasteiger charge is 2.17. The summed E-state index contributed by atoms with van der Waals surface area (Å²) in [6, 6.07) is 11.2. The number of hydrogen-bond donors (Lipinski definition) is 1. The van der Waals surface area contributed by atoms with E-state index in [2.05, 4.69) is 0 Å². The fourth-order valence-corrected chi connectivity index (χ4v) is 2.97. The summed E-state index contributed by atoms with van der Waals surface area (Å²) in [6.45, 7) is 3.86. The summed E-state index contributed by atoms with van der Waals surface area (Å²) in [4.78, 5) is 17.7. The standard InChI is InChI=1S/C19H21N3O2/c1-11-9-14(12(2)20)17-15(10-11)19(23)22(3)18(21-17)13-7-5-6-8-16(13)24-4/h5-10,12H,20H2,1-4H3. The van der Waals surface area contributed by atoms with E-state index >= 15 is 0 Å². The van der Waals surface area contributed by atoms with Crippen molar-refractivity contribution in [1.82, 2.24) is 9.55 Å². The Hall–Kier alpha value is -2.66. The molecule has 0 aliphatic heterocycles. The molecule has 0 spiro atoms. The van der Waals surface area contributed by atoms with E-state index in [-0.39, 0.29) is 11.6 Å². The van der Waals surface area contributed by atoms with Crippen molar-refractivity contribution in [2.24, 2.45) is 12.8 Å². The van der Waals surface area contributed by atoms with Crippen molar-refractivity contribution in [1.29, 1.82) is 0 Å². The van der Waals surface area contributed by atoms with E-state index in [1.165, 1.54) is 0 Å². The lowest BCUT2D eigenvalue weighted by atomic mass is 10.0. The zero-order chi connectivity index (χ0) is 17.4. The highest BCUT2D eigenvalue weighted by Crippen LogP contribution is 2.29. The lowest BCUT2D eigenvalue weighted by Gasteiger charge is -2.16. The van der Waals surface area contributed by atoms with Crippen LogP contribution in [0.25, 0.3) is 22.3 Å². The van der Waals surface area contributed by atoms with Crippen LogP contribution >= 0.6 is 0 Å². The summed E-state index contributed by atoms with van der Waals surface area (Å²) in [5.74, 6) is 1.24. The Morgan fingerprint density at radius 1 is 1.25 bits per heavy atom. The van der Waals surface area contributed by atoms with Crippen molar-refractivity contribution in [2.45, 2.75) is 19.9 Å². The molecule has 0 amide bonds. The van der Waals surface area contributed by atoms with Gasteiger partial charge in [-0.25, -0.2) is 4.98 Å². The topological polar surface area (TPSA) is 70.1 Å². The highest BCUT2D eigenvalue weighted by atomic mass is 16.5. The van der Waals surface area contributed by atoms with Gasteiger partial charge in [0.15, 0.2) is 0 Å². The fourth-order valence-electron chi connectivity index (χ4n) is 2.97. The van der Waals surface area contributed by atoms with E-state index in [9.17, 15) is 4.79 Å². The van der Waals surface area contributed by atoms with Crippen molar-refractivity contribution >= 4 is 10.9 Å². The third-order valence-corrected chi connectivity index (χ3v) is 4.19. The van der Waals surface area contributed by atoms with E-state index in [1.54, 1.807) is 18.7 Å². The van der Waals surface area contributed by atoms with Crippen LogP contribution < -0.4 is 16.0 Å². The highest BCUT2D eigenvalue weighted by molar-refractivity contribution is 5.84. The van der Waals surface area contributed by atoms with Crippen LogP contribution in [-0.2, 0) is 7.05 Å². The van der Waals surface area contributed by atoms with Gasteiger partial charge in [-0.05, 0) is 43.2 Å². The number of aromatic nitrogens is 2. The number of hydrogen-bond acceptors (Lipinski definition) is 4. The first-order chi connectivity index (χ1) is 11.4. The van der Waals surface area contributed by atoms with Gasteiger partial charge in [0, 0.05) is 13.1 Å². The monoisotopic (exact) mass is 323 g/mol. The van der Waals surface area contributed by atoms with Gasteiger partial charge in [-0.15, -0.1) is 0 Å². The van der Waals surface area contributed by atoms with Crippen molar-refractivity contribution in [3.63, 3.8) is 0 Å². The van der Waals surface area contributed by atoms with Gasteiger partial charge < -0.3 is 10.5 Å². The normalized spacial score (nSPS) is 12.4. The average molecular weight is 323 g/mol. The quantitative estimate of drug-likeness (QED) is 0.804. The van der Waals surface area contributed by atoms with Crippen LogP contribution in [0.1, 0.15) is 24.1 Å². The van der Waals surface area contributed by atoms with E-state index in [0.717, 1.165) is 16.7 Å². The maximum Gasteiger partial charge on any atom is 0.261 e. The van der Waals surface area contributed by atoms with Crippen LogP contribution in [-0.4, -0.2) is 16.7 Å². The molecule has 5 heteroatoms. The Bertz CT molecular complexity index is 974. The van der Waals surface area contributed by atoms with Crippen molar-refractivity contribution < 1.29 is 4.74 Å². The van der Waals surface area contributed by atoms with Crippen LogP contribution in [0.3, 0.4) is 0 Å². The Morgan fingerprint density at radius 2 is 1.96 bits per heavy atom.